The molecule has 1 atom stereocenters. The number of aromatic nitrogens is 2. The van der Waals surface area contributed by atoms with Crippen LogP contribution in [0.15, 0.2) is 53.7 Å². The van der Waals surface area contributed by atoms with Crippen molar-refractivity contribution in [3.63, 3.8) is 0 Å². The fourth-order valence-electron chi connectivity index (χ4n) is 3.08. The number of methoxy groups -OCH3 is 2. The van der Waals surface area contributed by atoms with Crippen LogP contribution < -0.4 is 19.7 Å². The largest absolute Gasteiger partial charge is 0.497 e. The Bertz CT molecular complexity index is 1150. The normalized spacial score (nSPS) is 11.5. The van der Waals surface area contributed by atoms with E-state index >= 15 is 0 Å². The third kappa shape index (κ3) is 5.42. The van der Waals surface area contributed by atoms with Crippen LogP contribution >= 0.6 is 0 Å². The fourth-order valence-corrected chi connectivity index (χ4v) is 4.32. The molecule has 1 aromatic carbocycles. The Labute approximate surface area is 190 Å². The molecule has 0 fully saturated rings. The van der Waals surface area contributed by atoms with Crippen LogP contribution in [0, 0.1) is 6.92 Å². The number of nitrogens with zero attached hydrogens (tertiary/aromatic N) is 3. The number of ether oxygens (including phenoxy) is 2. The molecule has 168 valence electrons. The van der Waals surface area contributed by atoms with Gasteiger partial charge in [0.1, 0.15) is 22.3 Å². The third-order valence-electron chi connectivity index (χ3n) is 4.67. The second-order valence-corrected chi connectivity index (χ2v) is 8.59. The Morgan fingerprint density at radius 3 is 2.59 bits per heavy atom. The summed E-state index contributed by atoms with van der Waals surface area (Å²) in [6.07, 6.45) is 1.52. The Hall–Kier alpha value is -3.46. The van der Waals surface area contributed by atoms with Gasteiger partial charge in [0.25, 0.3) is 5.91 Å². The standard InChI is InChI=1S/C23H26N4O4S/c1-15-11-17(12-21(25-15)27(2)3)26-22(28)19-7-6-10-24-23(19)32(29)14-16-8-9-18(30-4)13-20(16)31-5/h6-13H,14H2,1-5H3,(H,25,26,28). The molecule has 8 nitrogen and oxygen atoms in total. The molecule has 2 aromatic heterocycles. The number of carbonyl (C=O) groups excluding carboxylic acids is 1. The van der Waals surface area contributed by atoms with E-state index in [4.69, 9.17) is 9.47 Å². The van der Waals surface area contributed by atoms with Crippen molar-refractivity contribution < 1.29 is 18.5 Å². The predicted octanol–water partition coefficient (Wildman–Crippen LogP) is 3.43. The van der Waals surface area contributed by atoms with E-state index in [-0.39, 0.29) is 16.3 Å². The monoisotopic (exact) mass is 454 g/mol. The van der Waals surface area contributed by atoms with Gasteiger partial charge in [0.2, 0.25) is 0 Å². The van der Waals surface area contributed by atoms with E-state index in [2.05, 4.69) is 15.3 Å². The summed E-state index contributed by atoms with van der Waals surface area (Å²) in [5, 5.41) is 3.08. The zero-order valence-electron chi connectivity index (χ0n) is 18.7. The van der Waals surface area contributed by atoms with E-state index in [1.165, 1.54) is 6.20 Å². The van der Waals surface area contributed by atoms with Crippen LogP contribution in [0.5, 0.6) is 11.5 Å². The van der Waals surface area contributed by atoms with E-state index < -0.39 is 16.7 Å². The fraction of sp³-hybridized carbons (Fsp3) is 0.261. The summed E-state index contributed by atoms with van der Waals surface area (Å²) in [7, 11) is 5.29. The number of carbonyl (C=O) groups is 1. The van der Waals surface area contributed by atoms with Gasteiger partial charge in [-0.1, -0.05) is 6.07 Å². The maximum Gasteiger partial charge on any atom is 0.258 e. The number of rotatable bonds is 8. The van der Waals surface area contributed by atoms with Crippen LogP contribution in [0.1, 0.15) is 21.6 Å². The first kappa shape index (κ1) is 23.2. The SMILES string of the molecule is COc1ccc(CS(=O)c2ncccc2C(=O)Nc2cc(C)nc(N(C)C)c2)c(OC)c1. The topological polar surface area (TPSA) is 93.6 Å². The highest BCUT2D eigenvalue weighted by Gasteiger charge is 2.20. The maximum atomic E-state index is 13.2. The summed E-state index contributed by atoms with van der Waals surface area (Å²) in [4.78, 5) is 23.6. The third-order valence-corrected chi connectivity index (χ3v) is 6.00. The van der Waals surface area contributed by atoms with Crippen LogP contribution in [0.25, 0.3) is 0 Å². The second-order valence-electron chi connectivity index (χ2n) is 7.23. The van der Waals surface area contributed by atoms with Gasteiger partial charge in [-0.15, -0.1) is 0 Å². The van der Waals surface area contributed by atoms with Gasteiger partial charge in [0.05, 0.1) is 36.3 Å². The van der Waals surface area contributed by atoms with Crippen molar-refractivity contribution >= 4 is 28.2 Å². The predicted molar refractivity (Wildman–Crippen MR) is 125 cm³/mol. The minimum atomic E-state index is -1.57. The van der Waals surface area contributed by atoms with Crippen LogP contribution in [0.3, 0.4) is 0 Å². The lowest BCUT2D eigenvalue weighted by Gasteiger charge is -2.15. The minimum Gasteiger partial charge on any atom is -0.497 e. The molecule has 0 aliphatic rings. The van der Waals surface area contributed by atoms with Crippen LogP contribution in [0.4, 0.5) is 11.5 Å². The molecule has 32 heavy (non-hydrogen) atoms. The first-order chi connectivity index (χ1) is 15.3. The van der Waals surface area contributed by atoms with Gasteiger partial charge in [-0.25, -0.2) is 9.97 Å². The van der Waals surface area contributed by atoms with Crippen molar-refractivity contribution in [3.8, 4) is 11.5 Å². The van der Waals surface area contributed by atoms with Crippen molar-refractivity contribution in [2.75, 3.05) is 38.5 Å². The smallest absolute Gasteiger partial charge is 0.258 e. The van der Waals surface area contributed by atoms with Crippen molar-refractivity contribution in [2.45, 2.75) is 17.7 Å². The molecule has 0 spiro atoms. The highest BCUT2D eigenvalue weighted by Crippen LogP contribution is 2.27. The first-order valence-electron chi connectivity index (χ1n) is 9.84. The summed E-state index contributed by atoms with van der Waals surface area (Å²) >= 11 is 0. The number of anilines is 2. The van der Waals surface area contributed by atoms with Crippen molar-refractivity contribution in [3.05, 3.63) is 65.5 Å². The lowest BCUT2D eigenvalue weighted by atomic mass is 10.2. The van der Waals surface area contributed by atoms with Crippen LogP contribution in [-0.4, -0.2) is 48.4 Å². The van der Waals surface area contributed by atoms with Crippen LogP contribution in [-0.2, 0) is 16.6 Å². The molecule has 0 saturated heterocycles. The second kappa shape index (κ2) is 10.2. The van der Waals surface area contributed by atoms with Gasteiger partial charge in [0.15, 0.2) is 0 Å². The zero-order valence-corrected chi connectivity index (χ0v) is 19.5. The van der Waals surface area contributed by atoms with E-state index in [1.807, 2.05) is 25.9 Å². The Balaban J connectivity index is 1.86. The van der Waals surface area contributed by atoms with Crippen LogP contribution in [0.2, 0.25) is 0 Å². The Kier molecular flexibility index (Phi) is 7.42. The number of hydrogen-bond donors (Lipinski definition) is 1. The zero-order chi connectivity index (χ0) is 23.3. The molecular weight excluding hydrogens is 428 g/mol. The number of hydrogen-bond acceptors (Lipinski definition) is 7. The number of nitrogens with one attached hydrogen (secondary N) is 1. The highest BCUT2D eigenvalue weighted by molar-refractivity contribution is 7.84. The first-order valence-corrected chi connectivity index (χ1v) is 11.2. The summed E-state index contributed by atoms with van der Waals surface area (Å²) in [5.74, 6) is 1.67. The molecular formula is C23H26N4O4S. The van der Waals surface area contributed by atoms with Crippen molar-refractivity contribution in [1.29, 1.82) is 0 Å². The highest BCUT2D eigenvalue weighted by atomic mass is 32.2. The van der Waals surface area contributed by atoms with Gasteiger partial charge < -0.3 is 19.7 Å². The maximum absolute atomic E-state index is 13.2. The summed E-state index contributed by atoms with van der Waals surface area (Å²) in [5.41, 5.74) is 2.35. The number of aryl methyl sites for hydroxylation is 1. The number of benzene rings is 1. The average molecular weight is 455 g/mol. The lowest BCUT2D eigenvalue weighted by molar-refractivity contribution is 0.102. The van der Waals surface area contributed by atoms with Gasteiger partial charge in [-0.2, -0.15) is 0 Å². The van der Waals surface area contributed by atoms with Crippen molar-refractivity contribution in [1.82, 2.24) is 9.97 Å². The van der Waals surface area contributed by atoms with Gasteiger partial charge >= 0.3 is 0 Å². The van der Waals surface area contributed by atoms with Crippen molar-refractivity contribution in [2.24, 2.45) is 0 Å². The molecule has 0 radical (unpaired) electrons. The van der Waals surface area contributed by atoms with Gasteiger partial charge in [0, 0.05) is 49.4 Å². The van der Waals surface area contributed by atoms with E-state index in [1.54, 1.807) is 56.7 Å². The lowest BCUT2D eigenvalue weighted by Crippen LogP contribution is -2.17. The Morgan fingerprint density at radius 2 is 1.91 bits per heavy atom. The summed E-state index contributed by atoms with van der Waals surface area (Å²) in [6, 6.07) is 12.1. The molecule has 3 rings (SSSR count). The average Bonchev–Trinajstić information content (AvgIpc) is 2.78. The van der Waals surface area contributed by atoms with Gasteiger partial charge in [-0.3, -0.25) is 9.00 Å². The number of amides is 1. The summed E-state index contributed by atoms with van der Waals surface area (Å²) < 4.78 is 23.8. The minimum absolute atomic E-state index is 0.142. The molecule has 0 aliphatic heterocycles. The van der Waals surface area contributed by atoms with E-state index in [0.29, 0.717) is 17.2 Å². The molecule has 0 saturated carbocycles. The number of pyridine rings is 2. The summed E-state index contributed by atoms with van der Waals surface area (Å²) in [6.45, 7) is 1.86. The molecule has 0 bridgehead atoms. The van der Waals surface area contributed by atoms with E-state index in [9.17, 15) is 9.00 Å². The quantitative estimate of drug-likeness (QED) is 0.557. The molecule has 3 aromatic rings. The molecule has 1 amide bonds. The molecule has 2 heterocycles. The molecule has 1 N–H and O–H groups in total. The Morgan fingerprint density at radius 1 is 1.12 bits per heavy atom. The molecule has 0 aliphatic carbocycles. The molecule has 1 unspecified atom stereocenters. The van der Waals surface area contributed by atoms with E-state index in [0.717, 1.165) is 17.1 Å². The van der Waals surface area contributed by atoms with Gasteiger partial charge in [-0.05, 0) is 31.2 Å². The molecule has 9 heteroatoms.